The van der Waals surface area contributed by atoms with Gasteiger partial charge in [0.15, 0.2) is 6.61 Å². The van der Waals surface area contributed by atoms with Gasteiger partial charge in [-0.2, -0.15) is 0 Å². The molecule has 2 atom stereocenters. The summed E-state index contributed by atoms with van der Waals surface area (Å²) >= 11 is 0. The smallest absolute Gasteiger partial charge is 0.281 e. The van der Waals surface area contributed by atoms with Crippen molar-refractivity contribution in [3.63, 3.8) is 0 Å². The molecule has 0 saturated carbocycles. The molecular formula is C13H21F2NO. The van der Waals surface area contributed by atoms with E-state index in [4.69, 9.17) is 4.74 Å². The van der Waals surface area contributed by atoms with Gasteiger partial charge in [0.1, 0.15) is 5.76 Å². The Labute approximate surface area is 102 Å². The predicted octanol–water partition coefficient (Wildman–Crippen LogP) is 3.12. The van der Waals surface area contributed by atoms with Gasteiger partial charge < -0.3 is 10.1 Å². The van der Waals surface area contributed by atoms with Crippen LogP contribution in [0.25, 0.3) is 0 Å². The van der Waals surface area contributed by atoms with Gasteiger partial charge in [0.25, 0.3) is 5.92 Å². The Morgan fingerprint density at radius 3 is 2.88 bits per heavy atom. The van der Waals surface area contributed by atoms with E-state index in [2.05, 4.69) is 18.8 Å². The highest BCUT2D eigenvalue weighted by Gasteiger charge is 2.28. The van der Waals surface area contributed by atoms with Crippen molar-refractivity contribution in [3.8, 4) is 0 Å². The fourth-order valence-corrected chi connectivity index (χ4v) is 1.62. The second-order valence-corrected chi connectivity index (χ2v) is 4.49. The van der Waals surface area contributed by atoms with Crippen LogP contribution in [-0.2, 0) is 4.74 Å². The number of nitrogens with one attached hydrogen (secondary N) is 1. The topological polar surface area (TPSA) is 21.3 Å². The van der Waals surface area contributed by atoms with Crippen LogP contribution in [-0.4, -0.2) is 25.1 Å². The van der Waals surface area contributed by atoms with Crippen molar-refractivity contribution in [1.29, 1.82) is 0 Å². The molecule has 0 aliphatic carbocycles. The zero-order chi connectivity index (χ0) is 12.9. The van der Waals surface area contributed by atoms with Crippen LogP contribution < -0.4 is 5.32 Å². The van der Waals surface area contributed by atoms with Gasteiger partial charge in [0, 0.05) is 12.5 Å². The van der Waals surface area contributed by atoms with Gasteiger partial charge in [-0.3, -0.25) is 0 Å². The normalized spacial score (nSPS) is 22.8. The quantitative estimate of drug-likeness (QED) is 0.726. The lowest BCUT2D eigenvalue weighted by molar-refractivity contribution is -0.0637. The molecule has 0 fully saturated rings. The molecule has 0 radical (unpaired) electrons. The molecule has 0 spiro atoms. The highest BCUT2D eigenvalue weighted by Crippen LogP contribution is 2.21. The summed E-state index contributed by atoms with van der Waals surface area (Å²) in [5.41, 5.74) is 0. The summed E-state index contributed by atoms with van der Waals surface area (Å²) in [4.78, 5) is 0. The van der Waals surface area contributed by atoms with E-state index in [0.717, 1.165) is 6.42 Å². The van der Waals surface area contributed by atoms with E-state index < -0.39 is 12.5 Å². The zero-order valence-electron chi connectivity index (χ0n) is 10.5. The number of hydrogen-bond donors (Lipinski definition) is 1. The standard InChI is InChI=1S/C13H21F2NO/c1-4-10(3)12-7-6-11(8-16-12)17-9-13(14,15)5-2/h4,6,10,12,16H,1,5,7-9H2,2-3H3. The van der Waals surface area contributed by atoms with Gasteiger partial charge in [0.2, 0.25) is 0 Å². The Hall–Kier alpha value is -0.900. The largest absolute Gasteiger partial charge is 0.491 e. The van der Waals surface area contributed by atoms with Crippen molar-refractivity contribution in [2.24, 2.45) is 5.92 Å². The predicted molar refractivity (Wildman–Crippen MR) is 65.0 cm³/mol. The first-order valence-electron chi connectivity index (χ1n) is 6.04. The summed E-state index contributed by atoms with van der Waals surface area (Å²) in [5.74, 6) is -1.75. The second kappa shape index (κ2) is 6.15. The minimum Gasteiger partial charge on any atom is -0.491 e. The number of ether oxygens (including phenoxy) is 1. The molecule has 1 rings (SSSR count). The average Bonchev–Trinajstić information content (AvgIpc) is 2.36. The third-order valence-electron chi connectivity index (χ3n) is 3.13. The highest BCUT2D eigenvalue weighted by molar-refractivity contribution is 5.05. The third kappa shape index (κ3) is 4.46. The van der Waals surface area contributed by atoms with Crippen LogP contribution in [0.2, 0.25) is 0 Å². The molecule has 2 nitrogen and oxygen atoms in total. The first-order valence-corrected chi connectivity index (χ1v) is 6.04. The van der Waals surface area contributed by atoms with Crippen molar-refractivity contribution in [3.05, 3.63) is 24.5 Å². The zero-order valence-corrected chi connectivity index (χ0v) is 10.5. The maximum absolute atomic E-state index is 13.0. The van der Waals surface area contributed by atoms with Crippen LogP contribution in [0.1, 0.15) is 26.7 Å². The molecule has 0 aromatic carbocycles. The number of hydrogen-bond acceptors (Lipinski definition) is 2. The first kappa shape index (κ1) is 14.2. The molecular weight excluding hydrogens is 224 g/mol. The van der Waals surface area contributed by atoms with Crippen LogP contribution in [0.5, 0.6) is 0 Å². The van der Waals surface area contributed by atoms with Crippen molar-refractivity contribution < 1.29 is 13.5 Å². The minimum atomic E-state index is -2.73. The molecule has 0 amide bonds. The highest BCUT2D eigenvalue weighted by atomic mass is 19.3. The number of halogens is 2. The number of alkyl halides is 2. The third-order valence-corrected chi connectivity index (χ3v) is 3.13. The summed E-state index contributed by atoms with van der Waals surface area (Å²) in [6.07, 6.45) is 4.39. The molecule has 0 aromatic rings. The lowest BCUT2D eigenvalue weighted by Crippen LogP contribution is -2.39. The summed E-state index contributed by atoms with van der Waals surface area (Å²) in [7, 11) is 0. The average molecular weight is 245 g/mol. The maximum Gasteiger partial charge on any atom is 0.281 e. The molecule has 1 aliphatic heterocycles. The fourth-order valence-electron chi connectivity index (χ4n) is 1.62. The van der Waals surface area contributed by atoms with Crippen molar-refractivity contribution in [2.75, 3.05) is 13.2 Å². The van der Waals surface area contributed by atoms with Gasteiger partial charge in [-0.1, -0.05) is 19.9 Å². The first-order chi connectivity index (χ1) is 7.98. The molecule has 2 unspecified atom stereocenters. The lowest BCUT2D eigenvalue weighted by atomic mass is 9.96. The molecule has 0 saturated heterocycles. The molecule has 98 valence electrons. The van der Waals surface area contributed by atoms with Gasteiger partial charge in [-0.25, -0.2) is 8.78 Å². The number of rotatable bonds is 6. The molecule has 0 bridgehead atoms. The minimum absolute atomic E-state index is 0.191. The maximum atomic E-state index is 13.0. The summed E-state index contributed by atoms with van der Waals surface area (Å²) in [6.45, 7) is 7.27. The molecule has 17 heavy (non-hydrogen) atoms. The molecule has 0 aromatic heterocycles. The molecule has 1 N–H and O–H groups in total. The van der Waals surface area contributed by atoms with E-state index in [1.54, 1.807) is 0 Å². The van der Waals surface area contributed by atoms with Gasteiger partial charge >= 0.3 is 0 Å². The Bertz CT molecular complexity index is 289. The Morgan fingerprint density at radius 1 is 1.71 bits per heavy atom. The van der Waals surface area contributed by atoms with Crippen LogP contribution >= 0.6 is 0 Å². The summed E-state index contributed by atoms with van der Waals surface area (Å²) in [6, 6.07) is 0.325. The Morgan fingerprint density at radius 2 is 2.41 bits per heavy atom. The van der Waals surface area contributed by atoms with E-state index in [0.29, 0.717) is 24.3 Å². The van der Waals surface area contributed by atoms with Crippen molar-refractivity contribution >= 4 is 0 Å². The summed E-state index contributed by atoms with van der Waals surface area (Å²) in [5, 5.41) is 3.26. The van der Waals surface area contributed by atoms with E-state index in [1.165, 1.54) is 6.92 Å². The van der Waals surface area contributed by atoms with Crippen molar-refractivity contribution in [2.45, 2.75) is 38.7 Å². The summed E-state index contributed by atoms with van der Waals surface area (Å²) < 4.78 is 31.1. The van der Waals surface area contributed by atoms with Gasteiger partial charge in [0.05, 0.1) is 6.54 Å². The monoisotopic (exact) mass is 245 g/mol. The van der Waals surface area contributed by atoms with Gasteiger partial charge in [-0.05, 0) is 18.4 Å². The molecule has 4 heteroatoms. The van der Waals surface area contributed by atoms with Crippen LogP contribution in [0.15, 0.2) is 24.5 Å². The van der Waals surface area contributed by atoms with Crippen LogP contribution in [0.3, 0.4) is 0 Å². The lowest BCUT2D eigenvalue weighted by Gasteiger charge is -2.27. The van der Waals surface area contributed by atoms with E-state index in [1.807, 2.05) is 12.2 Å². The fraction of sp³-hybridized carbons (Fsp3) is 0.692. The molecule has 1 aliphatic rings. The Balaban J connectivity index is 2.39. The van der Waals surface area contributed by atoms with E-state index in [-0.39, 0.29) is 6.42 Å². The van der Waals surface area contributed by atoms with Gasteiger partial charge in [-0.15, -0.1) is 6.58 Å². The Kier molecular flexibility index (Phi) is 5.12. The SMILES string of the molecule is C=CC(C)C1CC=C(OCC(F)(F)CC)CN1. The van der Waals surface area contributed by atoms with Crippen molar-refractivity contribution in [1.82, 2.24) is 5.32 Å². The second-order valence-electron chi connectivity index (χ2n) is 4.49. The van der Waals surface area contributed by atoms with E-state index in [9.17, 15) is 8.78 Å². The van der Waals surface area contributed by atoms with E-state index >= 15 is 0 Å². The molecule has 1 heterocycles. The van der Waals surface area contributed by atoms with Crippen LogP contribution in [0, 0.1) is 5.92 Å². The van der Waals surface area contributed by atoms with Crippen LogP contribution in [0.4, 0.5) is 8.78 Å².